The Hall–Kier alpha value is -1.17. The Bertz CT molecular complexity index is 546. The summed E-state index contributed by atoms with van der Waals surface area (Å²) in [5, 5.41) is 11.9. The van der Waals surface area contributed by atoms with Gasteiger partial charge in [-0.25, -0.2) is 0 Å². The van der Waals surface area contributed by atoms with Crippen molar-refractivity contribution in [1.29, 1.82) is 0 Å². The van der Waals surface area contributed by atoms with Crippen molar-refractivity contribution in [2.45, 2.75) is 58.4 Å². The van der Waals surface area contributed by atoms with Crippen molar-refractivity contribution in [3.05, 3.63) is 39.9 Å². The van der Waals surface area contributed by atoms with Crippen molar-refractivity contribution in [3.63, 3.8) is 0 Å². The summed E-state index contributed by atoms with van der Waals surface area (Å²) in [7, 11) is 0. The molecule has 1 aliphatic rings. The van der Waals surface area contributed by atoms with E-state index in [0.717, 1.165) is 31.1 Å². The van der Waals surface area contributed by atoms with Gasteiger partial charge in [0.05, 0.1) is 12.2 Å². The van der Waals surface area contributed by atoms with Gasteiger partial charge in [0.2, 0.25) is 0 Å². The standard InChI is InChI=1S/C16H23N3OS/c1-12(2)17-8-14-7-16(20-18-14)10-19(15-3-4-15)9-13-5-6-21-11-13/h5-7,11-12,15,17H,3-4,8-10H2,1-2H3. The summed E-state index contributed by atoms with van der Waals surface area (Å²) in [5.41, 5.74) is 2.39. The molecule has 0 unspecified atom stereocenters. The lowest BCUT2D eigenvalue weighted by Gasteiger charge is -2.19. The van der Waals surface area contributed by atoms with Crippen molar-refractivity contribution < 1.29 is 4.52 Å². The molecule has 0 atom stereocenters. The summed E-state index contributed by atoms with van der Waals surface area (Å²) in [6.45, 7) is 6.91. The van der Waals surface area contributed by atoms with Crippen LogP contribution in [0.3, 0.4) is 0 Å². The van der Waals surface area contributed by atoms with Crippen molar-refractivity contribution >= 4 is 11.3 Å². The van der Waals surface area contributed by atoms with Crippen LogP contribution in [0.2, 0.25) is 0 Å². The molecule has 21 heavy (non-hydrogen) atoms. The lowest BCUT2D eigenvalue weighted by molar-refractivity contribution is 0.214. The SMILES string of the molecule is CC(C)NCc1cc(CN(Cc2ccsc2)C2CC2)on1. The molecule has 0 saturated heterocycles. The molecule has 1 N–H and O–H groups in total. The summed E-state index contributed by atoms with van der Waals surface area (Å²) < 4.78 is 5.50. The number of aromatic nitrogens is 1. The van der Waals surface area contributed by atoms with E-state index in [9.17, 15) is 0 Å². The fourth-order valence-electron chi connectivity index (χ4n) is 2.39. The van der Waals surface area contributed by atoms with E-state index < -0.39 is 0 Å². The maximum absolute atomic E-state index is 5.50. The zero-order chi connectivity index (χ0) is 14.7. The van der Waals surface area contributed by atoms with Gasteiger partial charge >= 0.3 is 0 Å². The van der Waals surface area contributed by atoms with Gasteiger partial charge in [0.25, 0.3) is 0 Å². The third-order valence-electron chi connectivity index (χ3n) is 3.69. The first-order chi connectivity index (χ1) is 10.2. The van der Waals surface area contributed by atoms with E-state index in [1.807, 2.05) is 0 Å². The zero-order valence-corrected chi connectivity index (χ0v) is 13.5. The van der Waals surface area contributed by atoms with Crippen LogP contribution in [0.1, 0.15) is 43.7 Å². The first kappa shape index (κ1) is 14.8. The van der Waals surface area contributed by atoms with E-state index >= 15 is 0 Å². The quantitative estimate of drug-likeness (QED) is 0.811. The molecule has 1 saturated carbocycles. The highest BCUT2D eigenvalue weighted by molar-refractivity contribution is 7.07. The largest absolute Gasteiger partial charge is 0.360 e. The van der Waals surface area contributed by atoms with E-state index in [-0.39, 0.29) is 0 Å². The molecule has 1 aliphatic carbocycles. The van der Waals surface area contributed by atoms with Crippen LogP contribution < -0.4 is 5.32 Å². The van der Waals surface area contributed by atoms with Gasteiger partial charge in [-0.2, -0.15) is 11.3 Å². The van der Waals surface area contributed by atoms with Gasteiger partial charge < -0.3 is 9.84 Å². The zero-order valence-electron chi connectivity index (χ0n) is 12.7. The molecule has 0 aliphatic heterocycles. The van der Waals surface area contributed by atoms with Gasteiger partial charge in [0.1, 0.15) is 0 Å². The van der Waals surface area contributed by atoms with Crippen LogP contribution >= 0.6 is 11.3 Å². The smallest absolute Gasteiger partial charge is 0.151 e. The van der Waals surface area contributed by atoms with Crippen molar-refractivity contribution in [2.24, 2.45) is 0 Å². The Morgan fingerprint density at radius 3 is 2.95 bits per heavy atom. The van der Waals surface area contributed by atoms with Gasteiger partial charge in [-0.3, -0.25) is 4.90 Å². The molecule has 3 rings (SSSR count). The lowest BCUT2D eigenvalue weighted by Crippen LogP contribution is -2.24. The third-order valence-corrected chi connectivity index (χ3v) is 4.42. The predicted molar refractivity (Wildman–Crippen MR) is 85.1 cm³/mol. The first-order valence-electron chi connectivity index (χ1n) is 7.63. The summed E-state index contributed by atoms with van der Waals surface area (Å²) in [5.74, 6) is 0.970. The molecule has 2 heterocycles. The number of nitrogens with one attached hydrogen (secondary N) is 1. The van der Waals surface area contributed by atoms with Gasteiger partial charge in [-0.15, -0.1) is 0 Å². The monoisotopic (exact) mass is 305 g/mol. The van der Waals surface area contributed by atoms with Crippen LogP contribution in [-0.2, 0) is 19.6 Å². The summed E-state index contributed by atoms with van der Waals surface area (Å²) in [6, 6.07) is 5.47. The topological polar surface area (TPSA) is 41.3 Å². The Kier molecular flexibility index (Phi) is 4.73. The molecule has 0 aromatic carbocycles. The number of hydrogen-bond acceptors (Lipinski definition) is 5. The molecule has 5 heteroatoms. The molecular weight excluding hydrogens is 282 g/mol. The van der Waals surface area contributed by atoms with Crippen LogP contribution in [0.5, 0.6) is 0 Å². The average Bonchev–Trinajstić information content (AvgIpc) is 2.99. The first-order valence-corrected chi connectivity index (χ1v) is 8.58. The fraction of sp³-hybridized carbons (Fsp3) is 0.562. The number of thiophene rings is 1. The van der Waals surface area contributed by atoms with Crippen molar-refractivity contribution in [1.82, 2.24) is 15.4 Å². The summed E-state index contributed by atoms with van der Waals surface area (Å²) in [6.07, 6.45) is 2.61. The Morgan fingerprint density at radius 1 is 1.43 bits per heavy atom. The van der Waals surface area contributed by atoms with Crippen LogP contribution in [0.25, 0.3) is 0 Å². The molecule has 4 nitrogen and oxygen atoms in total. The van der Waals surface area contributed by atoms with E-state index in [2.05, 4.69) is 52.1 Å². The fourth-order valence-corrected chi connectivity index (χ4v) is 3.05. The van der Waals surface area contributed by atoms with Crippen molar-refractivity contribution in [3.8, 4) is 0 Å². The average molecular weight is 305 g/mol. The maximum atomic E-state index is 5.50. The van der Waals surface area contributed by atoms with Gasteiger partial charge in [0.15, 0.2) is 5.76 Å². The Balaban J connectivity index is 1.58. The highest BCUT2D eigenvalue weighted by atomic mass is 32.1. The number of rotatable bonds is 8. The highest BCUT2D eigenvalue weighted by Crippen LogP contribution is 2.30. The van der Waals surface area contributed by atoms with Crippen LogP contribution in [0.15, 0.2) is 27.4 Å². The minimum atomic E-state index is 0.465. The second-order valence-electron chi connectivity index (χ2n) is 6.09. The molecule has 2 aromatic rings. The number of hydrogen-bond donors (Lipinski definition) is 1. The number of nitrogens with zero attached hydrogens (tertiary/aromatic N) is 2. The van der Waals surface area contributed by atoms with Gasteiger partial charge in [-0.05, 0) is 35.2 Å². The molecule has 2 aromatic heterocycles. The predicted octanol–water partition coefficient (Wildman–Crippen LogP) is 3.40. The lowest BCUT2D eigenvalue weighted by atomic mass is 10.2. The van der Waals surface area contributed by atoms with E-state index in [0.29, 0.717) is 12.1 Å². The van der Waals surface area contributed by atoms with Crippen LogP contribution in [-0.4, -0.2) is 22.1 Å². The van der Waals surface area contributed by atoms with Crippen LogP contribution in [0, 0.1) is 0 Å². The van der Waals surface area contributed by atoms with Gasteiger partial charge in [0, 0.05) is 31.2 Å². The second-order valence-corrected chi connectivity index (χ2v) is 6.87. The minimum absolute atomic E-state index is 0.465. The van der Waals surface area contributed by atoms with E-state index in [1.165, 1.54) is 18.4 Å². The molecule has 0 radical (unpaired) electrons. The summed E-state index contributed by atoms with van der Waals surface area (Å²) >= 11 is 1.76. The van der Waals surface area contributed by atoms with E-state index in [1.54, 1.807) is 11.3 Å². The third kappa shape index (κ3) is 4.40. The Morgan fingerprint density at radius 2 is 2.29 bits per heavy atom. The van der Waals surface area contributed by atoms with Crippen molar-refractivity contribution in [2.75, 3.05) is 0 Å². The molecule has 0 bridgehead atoms. The second kappa shape index (κ2) is 6.73. The normalized spacial score (nSPS) is 15.2. The molecular formula is C16H23N3OS. The molecule has 0 spiro atoms. The van der Waals surface area contributed by atoms with Crippen LogP contribution in [0.4, 0.5) is 0 Å². The highest BCUT2D eigenvalue weighted by Gasteiger charge is 2.29. The van der Waals surface area contributed by atoms with Gasteiger partial charge in [-0.1, -0.05) is 19.0 Å². The molecule has 114 valence electrons. The minimum Gasteiger partial charge on any atom is -0.360 e. The molecule has 0 amide bonds. The Labute approximate surface area is 130 Å². The molecule has 1 fully saturated rings. The summed E-state index contributed by atoms with van der Waals surface area (Å²) in [4.78, 5) is 2.50. The maximum Gasteiger partial charge on any atom is 0.151 e. The van der Waals surface area contributed by atoms with E-state index in [4.69, 9.17) is 4.52 Å².